The number of ketones is 1. The van der Waals surface area contributed by atoms with E-state index in [2.05, 4.69) is 0 Å². The van der Waals surface area contributed by atoms with Crippen LogP contribution in [-0.2, 0) is 14.3 Å². The van der Waals surface area contributed by atoms with Gasteiger partial charge >= 0.3 is 0 Å². The first-order valence-electron chi connectivity index (χ1n) is 6.62. The number of carbonyl (C=O) groups is 1. The molecule has 0 spiro atoms. The second-order valence-corrected chi connectivity index (χ2v) is 2.16. The van der Waals surface area contributed by atoms with Crippen LogP contribution in [-0.4, -0.2) is 38.8 Å². The molecule has 0 heterocycles. The fourth-order valence-electron chi connectivity index (χ4n) is 0.519. The monoisotopic (exact) mass is 251 g/mol. The van der Waals surface area contributed by atoms with Crippen molar-refractivity contribution >= 4 is 5.78 Å². The molecule has 0 saturated carbocycles. The molecule has 0 fully saturated rings. The topological polar surface area (TPSA) is 61.5 Å². The van der Waals surface area contributed by atoms with Gasteiger partial charge in [-0.2, -0.15) is 0 Å². The summed E-state index contributed by atoms with van der Waals surface area (Å²) < 4.78 is 9.93. The first kappa shape index (κ1) is 25.4. The second-order valence-electron chi connectivity index (χ2n) is 2.16. The second kappa shape index (κ2) is 36.1. The number of carbonyl (C=O) groups excluding carboxylic acids is 1. The molecule has 0 aliphatic rings. The van der Waals surface area contributed by atoms with Gasteiger partial charge in [-0.1, -0.05) is 41.5 Å². The van der Waals surface area contributed by atoms with Crippen LogP contribution in [0.15, 0.2) is 0 Å². The van der Waals surface area contributed by atoms with Gasteiger partial charge in [-0.15, -0.1) is 0 Å². The Morgan fingerprint density at radius 2 is 1.29 bits per heavy atom. The summed E-state index contributed by atoms with van der Waals surface area (Å²) in [4.78, 5) is 10.3. The van der Waals surface area contributed by atoms with Gasteiger partial charge in [0, 0.05) is 6.54 Å². The van der Waals surface area contributed by atoms with E-state index in [9.17, 15) is 4.79 Å². The van der Waals surface area contributed by atoms with Crippen molar-refractivity contribution in [2.24, 2.45) is 5.73 Å². The van der Waals surface area contributed by atoms with Gasteiger partial charge in [-0.05, 0) is 6.92 Å². The van der Waals surface area contributed by atoms with Crippen molar-refractivity contribution in [1.29, 1.82) is 0 Å². The van der Waals surface area contributed by atoms with E-state index in [-0.39, 0.29) is 12.4 Å². The molecule has 0 radical (unpaired) electrons. The van der Waals surface area contributed by atoms with E-state index in [1.54, 1.807) is 0 Å². The molecule has 0 aliphatic heterocycles. The van der Waals surface area contributed by atoms with E-state index in [1.807, 2.05) is 41.5 Å². The Morgan fingerprint density at radius 3 is 1.65 bits per heavy atom. The van der Waals surface area contributed by atoms with Crippen molar-refractivity contribution in [2.45, 2.75) is 48.5 Å². The summed E-state index contributed by atoms with van der Waals surface area (Å²) >= 11 is 0. The lowest BCUT2D eigenvalue weighted by Gasteiger charge is -2.01. The van der Waals surface area contributed by atoms with Gasteiger partial charge in [-0.25, -0.2) is 0 Å². The van der Waals surface area contributed by atoms with Gasteiger partial charge in [0.2, 0.25) is 0 Å². The molecule has 0 rings (SSSR count). The SMILES string of the molecule is CC.CC.CC.CC(=O)COCCOCCN. The highest BCUT2D eigenvalue weighted by Crippen LogP contribution is 1.78. The lowest BCUT2D eigenvalue weighted by Crippen LogP contribution is -2.13. The Morgan fingerprint density at radius 1 is 0.882 bits per heavy atom. The molecule has 0 unspecified atom stereocenters. The van der Waals surface area contributed by atoms with E-state index < -0.39 is 0 Å². The molecule has 4 heteroatoms. The number of ether oxygens (including phenoxy) is 2. The Labute approximate surface area is 108 Å². The van der Waals surface area contributed by atoms with Gasteiger partial charge < -0.3 is 15.2 Å². The smallest absolute Gasteiger partial charge is 0.155 e. The molecule has 0 aromatic heterocycles. The van der Waals surface area contributed by atoms with Gasteiger partial charge in [0.25, 0.3) is 0 Å². The minimum Gasteiger partial charge on any atom is -0.378 e. The van der Waals surface area contributed by atoms with Crippen LogP contribution in [0, 0.1) is 0 Å². The third-order valence-corrected chi connectivity index (χ3v) is 0.940. The summed E-state index contributed by atoms with van der Waals surface area (Å²) in [5, 5.41) is 0. The molecule has 0 aromatic carbocycles. The van der Waals surface area contributed by atoms with Crippen LogP contribution in [0.5, 0.6) is 0 Å². The number of rotatable bonds is 7. The predicted molar refractivity (Wildman–Crippen MR) is 75.4 cm³/mol. The molecule has 0 aliphatic carbocycles. The molecular formula is C13H33NO3. The van der Waals surface area contributed by atoms with Crippen LogP contribution < -0.4 is 5.73 Å². The van der Waals surface area contributed by atoms with Crippen LogP contribution >= 0.6 is 0 Å². The average Bonchev–Trinajstić information content (AvgIpc) is 2.40. The van der Waals surface area contributed by atoms with E-state index in [4.69, 9.17) is 15.2 Å². The van der Waals surface area contributed by atoms with Gasteiger partial charge in [0.1, 0.15) is 6.61 Å². The Hall–Kier alpha value is -0.450. The van der Waals surface area contributed by atoms with Crippen molar-refractivity contribution in [3.8, 4) is 0 Å². The molecule has 0 bridgehead atoms. The van der Waals surface area contributed by atoms with E-state index in [0.29, 0.717) is 26.4 Å². The number of nitrogens with two attached hydrogens (primary N) is 1. The molecule has 0 atom stereocenters. The van der Waals surface area contributed by atoms with Gasteiger partial charge in [0.05, 0.1) is 19.8 Å². The highest BCUT2D eigenvalue weighted by molar-refractivity contribution is 5.76. The predicted octanol–water partition coefficient (Wildman–Crippen LogP) is 2.65. The number of hydrogen-bond donors (Lipinski definition) is 1. The standard InChI is InChI=1S/C7H15NO3.3C2H6/c1-7(9)6-11-5-4-10-3-2-8;3*1-2/h2-6,8H2,1H3;3*1-2H3. The van der Waals surface area contributed by atoms with Crippen molar-refractivity contribution < 1.29 is 14.3 Å². The van der Waals surface area contributed by atoms with Crippen molar-refractivity contribution in [1.82, 2.24) is 0 Å². The quantitative estimate of drug-likeness (QED) is 0.707. The lowest BCUT2D eigenvalue weighted by molar-refractivity contribution is -0.121. The third kappa shape index (κ3) is 50.1. The van der Waals surface area contributed by atoms with Crippen LogP contribution in [0.2, 0.25) is 0 Å². The lowest BCUT2D eigenvalue weighted by atomic mass is 10.5. The summed E-state index contributed by atoms with van der Waals surface area (Å²) in [6.45, 7) is 15.7. The van der Waals surface area contributed by atoms with Crippen molar-refractivity contribution in [2.75, 3.05) is 33.0 Å². The molecule has 2 N–H and O–H groups in total. The molecular weight excluding hydrogens is 218 g/mol. The van der Waals surface area contributed by atoms with E-state index >= 15 is 0 Å². The summed E-state index contributed by atoms with van der Waals surface area (Å²) in [5.74, 6) is 0.0313. The minimum absolute atomic E-state index is 0.0313. The first-order chi connectivity index (χ1) is 8.27. The highest BCUT2D eigenvalue weighted by atomic mass is 16.5. The summed E-state index contributed by atoms with van der Waals surface area (Å²) in [5.41, 5.74) is 5.17. The zero-order valence-corrected chi connectivity index (χ0v) is 12.8. The maximum atomic E-state index is 10.3. The number of Topliss-reactive ketones (excluding diaryl/α,β-unsaturated/α-hetero) is 1. The van der Waals surface area contributed by atoms with Crippen LogP contribution in [0.1, 0.15) is 48.5 Å². The summed E-state index contributed by atoms with van der Waals surface area (Å²) in [7, 11) is 0. The zero-order valence-electron chi connectivity index (χ0n) is 12.8. The van der Waals surface area contributed by atoms with Crippen LogP contribution in [0.4, 0.5) is 0 Å². The highest BCUT2D eigenvalue weighted by Gasteiger charge is 1.92. The average molecular weight is 251 g/mol. The Kier molecular flexibility index (Phi) is 53.9. The maximum Gasteiger partial charge on any atom is 0.155 e. The molecule has 108 valence electrons. The molecule has 4 nitrogen and oxygen atoms in total. The van der Waals surface area contributed by atoms with Gasteiger partial charge in [-0.3, -0.25) is 4.79 Å². The van der Waals surface area contributed by atoms with Crippen LogP contribution in [0.25, 0.3) is 0 Å². The normalized spacial score (nSPS) is 7.53. The first-order valence-corrected chi connectivity index (χ1v) is 6.62. The van der Waals surface area contributed by atoms with Crippen molar-refractivity contribution in [3.63, 3.8) is 0 Å². The molecule has 0 saturated heterocycles. The third-order valence-electron chi connectivity index (χ3n) is 0.940. The largest absolute Gasteiger partial charge is 0.378 e. The Bertz CT molecular complexity index is 109. The number of hydrogen-bond acceptors (Lipinski definition) is 4. The Balaban J connectivity index is -0.000000121. The maximum absolute atomic E-state index is 10.3. The van der Waals surface area contributed by atoms with Crippen LogP contribution in [0.3, 0.4) is 0 Å². The zero-order chi connectivity index (χ0) is 14.5. The van der Waals surface area contributed by atoms with E-state index in [1.165, 1.54) is 6.92 Å². The van der Waals surface area contributed by atoms with Crippen molar-refractivity contribution in [3.05, 3.63) is 0 Å². The summed E-state index contributed by atoms with van der Waals surface area (Å²) in [6.07, 6.45) is 0. The van der Waals surface area contributed by atoms with E-state index in [0.717, 1.165) is 0 Å². The fraction of sp³-hybridized carbons (Fsp3) is 0.923. The molecule has 17 heavy (non-hydrogen) atoms. The minimum atomic E-state index is 0.0313. The fourth-order valence-corrected chi connectivity index (χ4v) is 0.519. The van der Waals surface area contributed by atoms with Gasteiger partial charge in [0.15, 0.2) is 5.78 Å². The summed E-state index contributed by atoms with van der Waals surface area (Å²) in [6, 6.07) is 0. The molecule has 0 aromatic rings. The molecule has 0 amide bonds.